The van der Waals surface area contributed by atoms with Crippen molar-refractivity contribution in [1.29, 1.82) is 0 Å². The lowest BCUT2D eigenvalue weighted by Crippen LogP contribution is -2.26. The average molecular weight is 238 g/mol. The molecule has 0 heterocycles. The van der Waals surface area contributed by atoms with E-state index in [1.54, 1.807) is 0 Å². The summed E-state index contributed by atoms with van der Waals surface area (Å²) in [4.78, 5) is 10.5. The summed E-state index contributed by atoms with van der Waals surface area (Å²) in [6.07, 6.45) is 9.17. The molecule has 0 aromatic heterocycles. The number of carboxylic acid groups (broad SMARTS) is 1. The summed E-state index contributed by atoms with van der Waals surface area (Å²) in [5.41, 5.74) is 0. The van der Waals surface area contributed by atoms with Crippen molar-refractivity contribution in [3.05, 3.63) is 12.2 Å². The molecule has 0 spiro atoms. The Morgan fingerprint density at radius 1 is 1.38 bits per heavy atom. The van der Waals surface area contributed by atoms with Gasteiger partial charge in [0.05, 0.1) is 6.42 Å². The van der Waals surface area contributed by atoms with E-state index in [2.05, 4.69) is 12.2 Å². The van der Waals surface area contributed by atoms with E-state index in [-0.39, 0.29) is 0 Å². The van der Waals surface area contributed by atoms with Crippen molar-refractivity contribution in [1.82, 2.24) is 0 Å². The van der Waals surface area contributed by atoms with E-state index < -0.39 is 5.97 Å². The van der Waals surface area contributed by atoms with Crippen LogP contribution in [-0.4, -0.2) is 22.1 Å². The first-order valence-electron chi connectivity index (χ1n) is 6.26. The Morgan fingerprint density at radius 3 is 3.06 bits per heavy atom. The van der Waals surface area contributed by atoms with E-state index in [1.807, 2.05) is 11.8 Å². The van der Waals surface area contributed by atoms with Crippen LogP contribution in [0.4, 0.5) is 0 Å². The van der Waals surface area contributed by atoms with E-state index in [4.69, 9.17) is 5.11 Å². The lowest BCUT2D eigenvalue weighted by Gasteiger charge is -2.30. The van der Waals surface area contributed by atoms with Crippen molar-refractivity contribution in [3.8, 4) is 0 Å². The van der Waals surface area contributed by atoms with Crippen LogP contribution in [0.5, 0.6) is 0 Å². The Morgan fingerprint density at radius 2 is 2.25 bits per heavy atom. The molecular weight excluding hydrogens is 220 g/mol. The van der Waals surface area contributed by atoms with E-state index in [9.17, 15) is 4.79 Å². The topological polar surface area (TPSA) is 37.3 Å². The first-order valence-corrected chi connectivity index (χ1v) is 7.30. The monoisotopic (exact) mass is 238 g/mol. The summed E-state index contributed by atoms with van der Waals surface area (Å²) >= 11 is 1.91. The number of hydrogen-bond donors (Lipinski definition) is 1. The summed E-state index contributed by atoms with van der Waals surface area (Å²) in [7, 11) is 0. The van der Waals surface area contributed by atoms with Crippen LogP contribution in [0.2, 0.25) is 0 Å². The summed E-state index contributed by atoms with van der Waals surface area (Å²) < 4.78 is 0. The molecule has 16 heavy (non-hydrogen) atoms. The van der Waals surface area contributed by atoms with E-state index >= 15 is 0 Å². The molecule has 3 heteroatoms. The molecule has 0 amide bonds. The van der Waals surface area contributed by atoms with Gasteiger partial charge in [0.1, 0.15) is 0 Å². The quantitative estimate of drug-likeness (QED) is 0.765. The van der Waals surface area contributed by atoms with Crippen LogP contribution in [0.15, 0.2) is 12.2 Å². The molecule has 5 unspecified atom stereocenters. The molecule has 0 saturated heterocycles. The highest BCUT2D eigenvalue weighted by Crippen LogP contribution is 2.59. The number of carboxylic acids is 1. The van der Waals surface area contributed by atoms with Gasteiger partial charge in [0.2, 0.25) is 0 Å². The molecule has 88 valence electrons. The molecule has 5 atom stereocenters. The van der Waals surface area contributed by atoms with Gasteiger partial charge < -0.3 is 5.11 Å². The van der Waals surface area contributed by atoms with Gasteiger partial charge in [0, 0.05) is 11.0 Å². The average Bonchev–Trinajstić information content (AvgIpc) is 2.87. The Bertz CT molecular complexity index is 326. The summed E-state index contributed by atoms with van der Waals surface area (Å²) in [5, 5.41) is 9.39. The normalized spacial score (nSPS) is 43.9. The van der Waals surface area contributed by atoms with Crippen molar-refractivity contribution in [2.45, 2.75) is 30.9 Å². The number of rotatable bonds is 4. The predicted octanol–water partition coefficient (Wildman–Crippen LogP) is 2.80. The maximum atomic E-state index is 10.5. The molecular formula is C13H18O2S. The molecule has 2 bridgehead atoms. The fourth-order valence-electron chi connectivity index (χ4n) is 3.97. The van der Waals surface area contributed by atoms with Crippen LogP contribution in [-0.2, 0) is 4.79 Å². The molecule has 0 aromatic rings. The molecule has 0 radical (unpaired) electrons. The Kier molecular flexibility index (Phi) is 2.74. The van der Waals surface area contributed by atoms with Crippen molar-refractivity contribution >= 4 is 17.7 Å². The number of fused-ring (bicyclic) bond motifs is 5. The van der Waals surface area contributed by atoms with Crippen molar-refractivity contribution in [3.63, 3.8) is 0 Å². The molecule has 1 N–H and O–H groups in total. The third kappa shape index (κ3) is 1.69. The van der Waals surface area contributed by atoms with E-state index in [1.165, 1.54) is 19.3 Å². The molecule has 2 saturated carbocycles. The molecule has 3 rings (SSSR count). The van der Waals surface area contributed by atoms with Crippen LogP contribution in [0.3, 0.4) is 0 Å². The van der Waals surface area contributed by atoms with Crippen LogP contribution in [0.25, 0.3) is 0 Å². The zero-order valence-corrected chi connectivity index (χ0v) is 10.2. The zero-order chi connectivity index (χ0) is 11.1. The lowest BCUT2D eigenvalue weighted by atomic mass is 9.81. The summed E-state index contributed by atoms with van der Waals surface area (Å²) in [5.74, 6) is 3.71. The Balaban J connectivity index is 1.55. The largest absolute Gasteiger partial charge is 0.481 e. The van der Waals surface area contributed by atoms with E-state index in [0.29, 0.717) is 6.42 Å². The van der Waals surface area contributed by atoms with Crippen molar-refractivity contribution in [2.24, 2.45) is 23.7 Å². The molecule has 0 aliphatic heterocycles. The summed E-state index contributed by atoms with van der Waals surface area (Å²) in [6.45, 7) is 0. The standard InChI is InChI=1S/C13H18O2S/c14-13(15)4-5-16-12-7-8-6-11(12)10-3-1-2-9(8)10/h1,3,8-12H,2,4-7H2,(H,14,15). The zero-order valence-electron chi connectivity index (χ0n) is 9.34. The fraction of sp³-hybridized carbons (Fsp3) is 0.769. The predicted molar refractivity (Wildman–Crippen MR) is 65.4 cm³/mol. The van der Waals surface area contributed by atoms with Crippen LogP contribution < -0.4 is 0 Å². The lowest BCUT2D eigenvalue weighted by molar-refractivity contribution is -0.136. The van der Waals surface area contributed by atoms with Gasteiger partial charge in [-0.3, -0.25) is 4.79 Å². The number of hydrogen-bond acceptors (Lipinski definition) is 2. The number of thioether (sulfide) groups is 1. The van der Waals surface area contributed by atoms with Crippen LogP contribution in [0.1, 0.15) is 25.7 Å². The highest BCUT2D eigenvalue weighted by atomic mass is 32.2. The van der Waals surface area contributed by atoms with Gasteiger partial charge >= 0.3 is 5.97 Å². The first kappa shape index (κ1) is 10.7. The van der Waals surface area contributed by atoms with Gasteiger partial charge in [0.25, 0.3) is 0 Å². The molecule has 0 aromatic carbocycles. The third-order valence-electron chi connectivity index (χ3n) is 4.60. The van der Waals surface area contributed by atoms with Crippen LogP contribution >= 0.6 is 11.8 Å². The molecule has 2 fully saturated rings. The van der Waals surface area contributed by atoms with Gasteiger partial charge in [0.15, 0.2) is 0 Å². The first-order chi connectivity index (χ1) is 7.75. The maximum Gasteiger partial charge on any atom is 0.304 e. The second-order valence-corrected chi connectivity index (χ2v) is 6.70. The Hall–Kier alpha value is -0.440. The number of allylic oxidation sites excluding steroid dienone is 2. The maximum absolute atomic E-state index is 10.5. The number of carbonyl (C=O) groups is 1. The SMILES string of the molecule is O=C(O)CCSC1CC2CC1C1C=CCC21. The van der Waals surface area contributed by atoms with Crippen molar-refractivity contribution in [2.75, 3.05) is 5.75 Å². The minimum absolute atomic E-state index is 0.322. The Labute approximate surface area is 100 Å². The summed E-state index contributed by atoms with van der Waals surface area (Å²) in [6, 6.07) is 0. The van der Waals surface area contributed by atoms with Gasteiger partial charge in [-0.15, -0.1) is 0 Å². The fourth-order valence-corrected chi connectivity index (χ4v) is 5.49. The number of aliphatic carboxylic acids is 1. The van der Waals surface area contributed by atoms with Crippen molar-refractivity contribution < 1.29 is 9.90 Å². The van der Waals surface area contributed by atoms with Crippen LogP contribution in [0, 0.1) is 23.7 Å². The van der Waals surface area contributed by atoms with Gasteiger partial charge in [-0.25, -0.2) is 0 Å². The highest BCUT2D eigenvalue weighted by molar-refractivity contribution is 7.99. The van der Waals surface area contributed by atoms with Gasteiger partial charge in [-0.2, -0.15) is 11.8 Å². The van der Waals surface area contributed by atoms with E-state index in [0.717, 1.165) is 34.7 Å². The smallest absolute Gasteiger partial charge is 0.304 e. The minimum atomic E-state index is -0.658. The second-order valence-electron chi connectivity index (χ2n) is 5.35. The van der Waals surface area contributed by atoms with Gasteiger partial charge in [-0.1, -0.05) is 12.2 Å². The third-order valence-corrected chi connectivity index (χ3v) is 6.01. The molecule has 3 aliphatic carbocycles. The highest BCUT2D eigenvalue weighted by Gasteiger charge is 2.52. The second kappa shape index (κ2) is 4.10. The van der Waals surface area contributed by atoms with Gasteiger partial charge in [-0.05, 0) is 42.9 Å². The molecule has 2 nitrogen and oxygen atoms in total. The minimum Gasteiger partial charge on any atom is -0.481 e. The molecule has 3 aliphatic rings.